The molecule has 0 bridgehead atoms. The molecule has 0 aromatic heterocycles. The average molecular weight is 290 g/mol. The van der Waals surface area contributed by atoms with Crippen LogP contribution in [0, 0.1) is 0 Å². The number of allylic oxidation sites excluding steroid dienone is 1. The largest absolute Gasteiger partial charge is 0.0683 e. The lowest BCUT2D eigenvalue weighted by Crippen LogP contribution is -1.96. The highest BCUT2D eigenvalue weighted by molar-refractivity contribution is 5.81. The second kappa shape index (κ2) is 5.76. The van der Waals surface area contributed by atoms with Gasteiger partial charge >= 0.3 is 0 Å². The van der Waals surface area contributed by atoms with Crippen LogP contribution in [-0.4, -0.2) is 0 Å². The second-order valence-electron chi connectivity index (χ2n) is 7.24. The van der Waals surface area contributed by atoms with Crippen LogP contribution >= 0.6 is 0 Å². The Morgan fingerprint density at radius 3 is 2.09 bits per heavy atom. The van der Waals surface area contributed by atoms with Crippen molar-refractivity contribution in [2.24, 2.45) is 0 Å². The molecule has 22 heavy (non-hydrogen) atoms. The van der Waals surface area contributed by atoms with Crippen molar-refractivity contribution in [2.75, 3.05) is 0 Å². The van der Waals surface area contributed by atoms with Crippen LogP contribution in [0.4, 0.5) is 0 Å². The fourth-order valence-corrected chi connectivity index (χ4v) is 3.29. The smallest absolute Gasteiger partial charge is 0.00604 e. The minimum atomic E-state index is 0.562. The van der Waals surface area contributed by atoms with Crippen molar-refractivity contribution in [2.45, 2.75) is 52.9 Å². The number of hydrogen-bond acceptors (Lipinski definition) is 0. The number of benzene rings is 2. The van der Waals surface area contributed by atoms with Crippen molar-refractivity contribution in [3.8, 4) is 11.1 Å². The first-order valence-electron chi connectivity index (χ1n) is 8.40. The van der Waals surface area contributed by atoms with Crippen molar-refractivity contribution in [3.05, 3.63) is 64.2 Å². The fourth-order valence-electron chi connectivity index (χ4n) is 3.29. The normalized spacial score (nSPS) is 13.7. The Balaban J connectivity index is 2.19. The van der Waals surface area contributed by atoms with E-state index in [2.05, 4.69) is 77.1 Å². The summed E-state index contributed by atoms with van der Waals surface area (Å²) in [4.78, 5) is 0. The Morgan fingerprint density at radius 2 is 1.50 bits per heavy atom. The molecule has 0 heteroatoms. The highest BCUT2D eigenvalue weighted by atomic mass is 14.2. The van der Waals surface area contributed by atoms with Crippen molar-refractivity contribution in [1.82, 2.24) is 0 Å². The summed E-state index contributed by atoms with van der Waals surface area (Å²) >= 11 is 0. The van der Waals surface area contributed by atoms with Gasteiger partial charge in [0.15, 0.2) is 0 Å². The molecule has 0 nitrogen and oxygen atoms in total. The third-order valence-electron chi connectivity index (χ3n) is 4.68. The maximum absolute atomic E-state index is 2.38. The maximum atomic E-state index is 2.38. The van der Waals surface area contributed by atoms with E-state index in [1.165, 1.54) is 39.0 Å². The van der Waals surface area contributed by atoms with Gasteiger partial charge in [0.25, 0.3) is 0 Å². The van der Waals surface area contributed by atoms with Crippen LogP contribution in [0.15, 0.2) is 42.0 Å². The predicted molar refractivity (Wildman–Crippen MR) is 97.4 cm³/mol. The molecular formula is C22H26. The zero-order chi connectivity index (χ0) is 15.9. The van der Waals surface area contributed by atoms with Gasteiger partial charge in [-0.15, -0.1) is 0 Å². The molecule has 0 radical (unpaired) electrons. The third kappa shape index (κ3) is 2.75. The first-order valence-corrected chi connectivity index (χ1v) is 8.40. The first-order chi connectivity index (χ1) is 10.5. The van der Waals surface area contributed by atoms with Gasteiger partial charge in [-0.2, -0.15) is 0 Å². The molecule has 0 unspecified atom stereocenters. The molecule has 114 valence electrons. The number of fused-ring (bicyclic) bond motifs is 1. The van der Waals surface area contributed by atoms with Crippen LogP contribution in [0.1, 0.15) is 68.7 Å². The predicted octanol–water partition coefficient (Wildman–Crippen LogP) is 6.56. The standard InChI is InChI=1S/C22H26/c1-14(2)18-11-19(15(3)4)13-20(12-18)21-8-6-7-17-9-16(5)10-22(17)21/h6-8,10-15H,9H2,1-5H3. The molecule has 0 saturated heterocycles. The number of hydrogen-bond donors (Lipinski definition) is 0. The molecule has 2 aromatic rings. The van der Waals surface area contributed by atoms with Crippen molar-refractivity contribution < 1.29 is 0 Å². The van der Waals surface area contributed by atoms with Crippen molar-refractivity contribution in [1.29, 1.82) is 0 Å². The lowest BCUT2D eigenvalue weighted by Gasteiger charge is -2.16. The van der Waals surface area contributed by atoms with Crippen molar-refractivity contribution in [3.63, 3.8) is 0 Å². The first kappa shape index (κ1) is 15.1. The summed E-state index contributed by atoms with van der Waals surface area (Å²) in [5, 5.41) is 0. The zero-order valence-corrected chi connectivity index (χ0v) is 14.4. The minimum absolute atomic E-state index is 0.562. The van der Waals surface area contributed by atoms with Gasteiger partial charge in [-0.1, -0.05) is 75.7 Å². The van der Waals surface area contributed by atoms with Gasteiger partial charge in [0.2, 0.25) is 0 Å². The van der Waals surface area contributed by atoms with E-state index in [1.807, 2.05) is 0 Å². The van der Waals surface area contributed by atoms with Crippen LogP contribution in [-0.2, 0) is 6.42 Å². The summed E-state index contributed by atoms with van der Waals surface area (Å²) in [5.41, 5.74) is 10.0. The van der Waals surface area contributed by atoms with Crippen LogP contribution in [0.25, 0.3) is 17.2 Å². The van der Waals surface area contributed by atoms with Crippen LogP contribution in [0.2, 0.25) is 0 Å². The van der Waals surface area contributed by atoms with E-state index in [-0.39, 0.29) is 0 Å². The Kier molecular flexibility index (Phi) is 3.95. The van der Waals surface area contributed by atoms with Gasteiger partial charge in [0, 0.05) is 0 Å². The lowest BCUT2D eigenvalue weighted by atomic mass is 9.89. The molecule has 0 N–H and O–H groups in total. The monoisotopic (exact) mass is 290 g/mol. The Morgan fingerprint density at radius 1 is 0.864 bits per heavy atom. The van der Waals surface area contributed by atoms with Crippen LogP contribution < -0.4 is 0 Å². The van der Waals surface area contributed by atoms with Gasteiger partial charge in [-0.3, -0.25) is 0 Å². The highest BCUT2D eigenvalue weighted by Gasteiger charge is 2.16. The molecule has 0 amide bonds. The third-order valence-corrected chi connectivity index (χ3v) is 4.68. The van der Waals surface area contributed by atoms with Gasteiger partial charge in [-0.05, 0) is 58.6 Å². The van der Waals surface area contributed by atoms with Gasteiger partial charge in [-0.25, -0.2) is 0 Å². The zero-order valence-electron chi connectivity index (χ0n) is 14.4. The molecule has 0 atom stereocenters. The van der Waals surface area contributed by atoms with E-state index >= 15 is 0 Å². The lowest BCUT2D eigenvalue weighted by molar-refractivity contribution is 0.834. The highest BCUT2D eigenvalue weighted by Crippen LogP contribution is 2.36. The van der Waals surface area contributed by atoms with Gasteiger partial charge in [0.05, 0.1) is 0 Å². The molecule has 0 aliphatic heterocycles. The van der Waals surface area contributed by atoms with Crippen LogP contribution in [0.5, 0.6) is 0 Å². The molecule has 0 saturated carbocycles. The molecule has 3 rings (SSSR count). The summed E-state index contributed by atoms with van der Waals surface area (Å²) < 4.78 is 0. The topological polar surface area (TPSA) is 0 Å². The fraction of sp³-hybridized carbons (Fsp3) is 0.364. The summed E-state index contributed by atoms with van der Waals surface area (Å²) in [6.45, 7) is 11.4. The van der Waals surface area contributed by atoms with Gasteiger partial charge in [0.1, 0.15) is 0 Å². The number of rotatable bonds is 3. The average Bonchev–Trinajstić information content (AvgIpc) is 2.86. The summed E-state index contributed by atoms with van der Waals surface area (Å²) in [5.74, 6) is 1.12. The summed E-state index contributed by atoms with van der Waals surface area (Å²) in [7, 11) is 0. The molecule has 1 aliphatic rings. The Labute approximate surface area is 134 Å². The quantitative estimate of drug-likeness (QED) is 0.600. The van der Waals surface area contributed by atoms with E-state index in [4.69, 9.17) is 0 Å². The van der Waals surface area contributed by atoms with E-state index in [9.17, 15) is 0 Å². The maximum Gasteiger partial charge on any atom is -0.00604 e. The van der Waals surface area contributed by atoms with Crippen molar-refractivity contribution >= 4 is 6.08 Å². The van der Waals surface area contributed by atoms with E-state index in [1.54, 1.807) is 0 Å². The summed E-state index contributed by atoms with van der Waals surface area (Å²) in [6, 6.07) is 13.9. The summed E-state index contributed by atoms with van der Waals surface area (Å²) in [6.07, 6.45) is 3.46. The van der Waals surface area contributed by atoms with E-state index in [0.29, 0.717) is 11.8 Å². The van der Waals surface area contributed by atoms with E-state index < -0.39 is 0 Å². The SMILES string of the molecule is CC1=Cc2c(cccc2-c2cc(C(C)C)cc(C(C)C)c2)C1. The second-order valence-corrected chi connectivity index (χ2v) is 7.24. The van der Waals surface area contributed by atoms with E-state index in [0.717, 1.165) is 6.42 Å². The molecule has 0 heterocycles. The minimum Gasteiger partial charge on any atom is -0.0683 e. The van der Waals surface area contributed by atoms with Gasteiger partial charge < -0.3 is 0 Å². The molecule has 2 aromatic carbocycles. The Bertz CT molecular complexity index is 703. The molecule has 0 spiro atoms. The van der Waals surface area contributed by atoms with Crippen LogP contribution in [0.3, 0.4) is 0 Å². The molecular weight excluding hydrogens is 264 g/mol. The molecule has 0 fully saturated rings. The molecule has 1 aliphatic carbocycles. The Hall–Kier alpha value is -1.82.